The molecule has 0 unspecified atom stereocenters. The molecule has 0 radical (unpaired) electrons. The Morgan fingerprint density at radius 3 is 2.91 bits per heavy atom. The van der Waals surface area contributed by atoms with Gasteiger partial charge >= 0.3 is 5.97 Å². The number of nitrogens with zero attached hydrogens (tertiary/aromatic N) is 7. The number of fused-ring (bicyclic) bond motifs is 1. The van der Waals surface area contributed by atoms with E-state index in [2.05, 4.69) is 31.1 Å². The first kappa shape index (κ1) is 22.1. The number of rotatable bonds is 7. The monoisotopic (exact) mass is 481 g/mol. The van der Waals surface area contributed by atoms with Crippen LogP contribution >= 0.6 is 11.6 Å². The number of ether oxygens (including phenoxy) is 2. The summed E-state index contributed by atoms with van der Waals surface area (Å²) in [6.45, 7) is 4.63. The van der Waals surface area contributed by atoms with Crippen LogP contribution in [0.3, 0.4) is 0 Å². The lowest BCUT2D eigenvalue weighted by atomic mass is 10.1. The maximum atomic E-state index is 12.0. The number of carbonyl (C=O) groups is 1. The van der Waals surface area contributed by atoms with Crippen molar-refractivity contribution in [2.75, 3.05) is 31.7 Å². The molecule has 176 valence electrons. The molecule has 1 atom stereocenters. The van der Waals surface area contributed by atoms with Crippen LogP contribution in [0.2, 0.25) is 5.02 Å². The Kier molecular flexibility index (Phi) is 6.06. The third kappa shape index (κ3) is 4.28. The quantitative estimate of drug-likeness (QED) is 0.370. The van der Waals surface area contributed by atoms with E-state index in [4.69, 9.17) is 21.1 Å². The van der Waals surface area contributed by atoms with Gasteiger partial charge in [-0.1, -0.05) is 17.7 Å². The van der Waals surface area contributed by atoms with E-state index in [-0.39, 0.29) is 12.6 Å². The van der Waals surface area contributed by atoms with Crippen LogP contribution in [0.15, 0.2) is 42.9 Å². The predicted molar refractivity (Wildman–Crippen MR) is 127 cm³/mol. The second-order valence-corrected chi connectivity index (χ2v) is 8.50. The zero-order valence-corrected chi connectivity index (χ0v) is 19.6. The molecule has 1 aromatic carbocycles. The third-order valence-corrected chi connectivity index (χ3v) is 6.06. The van der Waals surface area contributed by atoms with Crippen LogP contribution < -0.4 is 9.64 Å². The van der Waals surface area contributed by atoms with Crippen molar-refractivity contribution in [3.63, 3.8) is 0 Å². The van der Waals surface area contributed by atoms with Gasteiger partial charge in [-0.3, -0.25) is 4.68 Å². The largest absolute Gasteiger partial charge is 0.479 e. The molecule has 0 amide bonds. The first-order valence-corrected chi connectivity index (χ1v) is 11.4. The molecule has 34 heavy (non-hydrogen) atoms. The molecule has 10 nitrogen and oxygen atoms in total. The summed E-state index contributed by atoms with van der Waals surface area (Å²) in [4.78, 5) is 23.4. The molecule has 0 N–H and O–H groups in total. The molecule has 4 aromatic rings. The van der Waals surface area contributed by atoms with E-state index in [0.29, 0.717) is 29.4 Å². The minimum atomic E-state index is -0.446. The molecule has 3 aromatic heterocycles. The lowest BCUT2D eigenvalue weighted by Gasteiger charge is -2.19. The molecule has 1 saturated heterocycles. The third-order valence-electron chi connectivity index (χ3n) is 5.83. The highest BCUT2D eigenvalue weighted by atomic mass is 35.5. The number of anilines is 1. The van der Waals surface area contributed by atoms with Crippen LogP contribution in [0.4, 0.5) is 5.69 Å². The fourth-order valence-electron chi connectivity index (χ4n) is 4.22. The van der Waals surface area contributed by atoms with Gasteiger partial charge in [-0.25, -0.2) is 14.5 Å². The van der Waals surface area contributed by atoms with Gasteiger partial charge in [0.25, 0.3) is 5.95 Å². The van der Waals surface area contributed by atoms with E-state index in [1.807, 2.05) is 22.9 Å². The highest BCUT2D eigenvalue weighted by Crippen LogP contribution is 2.29. The van der Waals surface area contributed by atoms with E-state index in [1.54, 1.807) is 20.2 Å². The summed E-state index contributed by atoms with van der Waals surface area (Å²) in [6.07, 6.45) is 5.70. The van der Waals surface area contributed by atoms with Crippen molar-refractivity contribution in [2.24, 2.45) is 5.92 Å². The van der Waals surface area contributed by atoms with Crippen molar-refractivity contribution in [3.8, 4) is 11.8 Å². The predicted octanol–water partition coefficient (Wildman–Crippen LogP) is 3.38. The Balaban J connectivity index is 1.37. The number of esters is 1. The van der Waals surface area contributed by atoms with Crippen LogP contribution in [-0.2, 0) is 11.3 Å². The molecule has 4 heterocycles. The molecular weight excluding hydrogens is 458 g/mol. The van der Waals surface area contributed by atoms with Crippen molar-refractivity contribution in [1.29, 1.82) is 0 Å². The summed E-state index contributed by atoms with van der Waals surface area (Å²) in [5, 5.41) is 9.50. The molecule has 0 bridgehead atoms. The van der Waals surface area contributed by atoms with Crippen molar-refractivity contribution in [2.45, 2.75) is 19.9 Å². The summed E-state index contributed by atoms with van der Waals surface area (Å²) in [7, 11) is 1.56. The maximum Gasteiger partial charge on any atom is 0.341 e. The number of hydrogen-bond acceptors (Lipinski definition) is 8. The fourth-order valence-corrected chi connectivity index (χ4v) is 4.41. The van der Waals surface area contributed by atoms with E-state index < -0.39 is 5.97 Å². The Morgan fingerprint density at radius 1 is 1.24 bits per heavy atom. The van der Waals surface area contributed by atoms with Crippen LogP contribution in [-0.4, -0.2) is 62.3 Å². The van der Waals surface area contributed by atoms with E-state index in [0.717, 1.165) is 35.7 Å². The Hall–Kier alpha value is -3.66. The van der Waals surface area contributed by atoms with Crippen molar-refractivity contribution >= 4 is 34.3 Å². The average molecular weight is 482 g/mol. The topological polar surface area (TPSA) is 100 Å². The van der Waals surface area contributed by atoms with E-state index >= 15 is 0 Å². The number of aromatic nitrogens is 6. The maximum absolute atomic E-state index is 12.0. The van der Waals surface area contributed by atoms with Crippen molar-refractivity contribution in [3.05, 3.63) is 53.4 Å². The molecule has 1 aliphatic rings. The van der Waals surface area contributed by atoms with Gasteiger partial charge in [0.05, 0.1) is 31.7 Å². The minimum Gasteiger partial charge on any atom is -0.479 e. The summed E-state index contributed by atoms with van der Waals surface area (Å²) in [6, 6.07) is 7.93. The van der Waals surface area contributed by atoms with Gasteiger partial charge in [0.1, 0.15) is 11.0 Å². The molecule has 1 aliphatic heterocycles. The van der Waals surface area contributed by atoms with Crippen molar-refractivity contribution < 1.29 is 14.3 Å². The Labute approximate surface area is 201 Å². The van der Waals surface area contributed by atoms with Crippen LogP contribution in [0.5, 0.6) is 5.88 Å². The Morgan fingerprint density at radius 2 is 2.12 bits per heavy atom. The first-order valence-electron chi connectivity index (χ1n) is 11.1. The number of carbonyl (C=O) groups excluding carboxylic acids is 1. The van der Waals surface area contributed by atoms with Gasteiger partial charge in [-0.15, -0.1) is 0 Å². The lowest BCUT2D eigenvalue weighted by molar-refractivity contribution is 0.0526. The highest BCUT2D eigenvalue weighted by molar-refractivity contribution is 6.30. The van der Waals surface area contributed by atoms with Crippen LogP contribution in [0.1, 0.15) is 23.7 Å². The number of methoxy groups -OCH3 is 1. The number of halogens is 1. The fraction of sp³-hybridized carbons (Fsp3) is 0.348. The molecule has 11 heteroatoms. The summed E-state index contributed by atoms with van der Waals surface area (Å²) < 4.78 is 13.9. The zero-order valence-electron chi connectivity index (χ0n) is 18.9. The molecule has 5 rings (SSSR count). The van der Waals surface area contributed by atoms with E-state index in [1.165, 1.54) is 17.1 Å². The normalized spacial score (nSPS) is 15.7. The highest BCUT2D eigenvalue weighted by Gasteiger charge is 2.25. The number of benzene rings is 1. The van der Waals surface area contributed by atoms with Crippen molar-refractivity contribution in [1.82, 2.24) is 29.5 Å². The molecule has 0 aliphatic carbocycles. The first-order chi connectivity index (χ1) is 16.6. The standard InChI is InChI=1S/C23H24ClN7O3/c1-3-34-22(32)16-10-25-31(14-16)23-27-19-11-26-30(20(19)21(28-23)33-2)13-15-7-8-29(12-15)18-6-4-5-17(24)9-18/h4-6,9-11,14-15H,3,7-8,12-13H2,1-2H3/t15-/m0/s1. The lowest BCUT2D eigenvalue weighted by Crippen LogP contribution is -2.21. The van der Waals surface area contributed by atoms with E-state index in [9.17, 15) is 4.79 Å². The van der Waals surface area contributed by atoms with Gasteiger partial charge < -0.3 is 14.4 Å². The van der Waals surface area contributed by atoms with Gasteiger partial charge in [0, 0.05) is 36.5 Å². The van der Waals surface area contributed by atoms with Crippen LogP contribution in [0.25, 0.3) is 17.0 Å². The summed E-state index contributed by atoms with van der Waals surface area (Å²) in [5.74, 6) is 0.644. The SMILES string of the molecule is CCOC(=O)c1cnn(-c2nc(OC)c3c(cnn3C[C@H]3CCN(c4cccc(Cl)c4)C3)n2)c1. The summed E-state index contributed by atoms with van der Waals surface area (Å²) in [5.41, 5.74) is 2.82. The molecule has 0 spiro atoms. The van der Waals surface area contributed by atoms with Gasteiger partial charge in [0.2, 0.25) is 5.88 Å². The zero-order chi connectivity index (χ0) is 23.7. The molecule has 1 fully saturated rings. The van der Waals surface area contributed by atoms with Gasteiger partial charge in [-0.2, -0.15) is 15.2 Å². The smallest absolute Gasteiger partial charge is 0.341 e. The number of hydrogen-bond donors (Lipinski definition) is 0. The van der Waals surface area contributed by atoms with Crippen LogP contribution in [0, 0.1) is 5.92 Å². The minimum absolute atomic E-state index is 0.285. The summed E-state index contributed by atoms with van der Waals surface area (Å²) >= 11 is 6.16. The second-order valence-electron chi connectivity index (χ2n) is 8.07. The molecular formula is C23H24ClN7O3. The second kappa shape index (κ2) is 9.30. The molecule has 0 saturated carbocycles. The average Bonchev–Trinajstić information content (AvgIpc) is 3.59. The van der Waals surface area contributed by atoms with Gasteiger partial charge in [0.15, 0.2) is 0 Å². The van der Waals surface area contributed by atoms with Gasteiger partial charge in [-0.05, 0) is 37.5 Å². The Bertz CT molecular complexity index is 1340.